The maximum atomic E-state index is 12.8. The molecule has 2 aromatic rings. The molecular formula is C20H26N2O4S. The second-order valence-electron chi connectivity index (χ2n) is 6.30. The molecule has 7 heteroatoms. The van der Waals surface area contributed by atoms with Crippen LogP contribution in [0.5, 0.6) is 5.75 Å². The molecule has 2 aromatic carbocycles. The van der Waals surface area contributed by atoms with Crippen molar-refractivity contribution in [3.8, 4) is 5.75 Å². The highest BCUT2D eigenvalue weighted by atomic mass is 32.2. The normalized spacial score (nSPS) is 11.1. The van der Waals surface area contributed by atoms with Crippen molar-refractivity contribution in [2.24, 2.45) is 0 Å². The van der Waals surface area contributed by atoms with E-state index >= 15 is 0 Å². The van der Waals surface area contributed by atoms with Gasteiger partial charge in [-0.15, -0.1) is 0 Å². The summed E-state index contributed by atoms with van der Waals surface area (Å²) in [5, 5.41) is 2.81. The number of amides is 1. The van der Waals surface area contributed by atoms with Gasteiger partial charge in [0.25, 0.3) is 15.9 Å². The third-order valence-electron chi connectivity index (χ3n) is 4.07. The Morgan fingerprint density at radius 3 is 2.59 bits per heavy atom. The molecule has 0 aliphatic rings. The van der Waals surface area contributed by atoms with Crippen LogP contribution in [0.15, 0.2) is 47.4 Å². The van der Waals surface area contributed by atoms with Gasteiger partial charge in [-0.3, -0.25) is 9.52 Å². The molecule has 0 saturated heterocycles. The Hall–Kier alpha value is -2.54. The van der Waals surface area contributed by atoms with Crippen molar-refractivity contribution < 1.29 is 17.9 Å². The Morgan fingerprint density at radius 2 is 1.89 bits per heavy atom. The fourth-order valence-electron chi connectivity index (χ4n) is 2.59. The molecule has 0 heterocycles. The molecule has 1 amide bonds. The molecule has 0 spiro atoms. The molecule has 0 aliphatic heterocycles. The number of aryl methyl sites for hydroxylation is 1. The zero-order valence-electron chi connectivity index (χ0n) is 15.9. The van der Waals surface area contributed by atoms with Crippen molar-refractivity contribution in [3.05, 3.63) is 53.6 Å². The molecule has 0 saturated carbocycles. The molecule has 0 bridgehead atoms. The molecular weight excluding hydrogens is 364 g/mol. The van der Waals surface area contributed by atoms with Crippen LogP contribution in [0.3, 0.4) is 0 Å². The number of methoxy groups -OCH3 is 1. The Morgan fingerprint density at radius 1 is 1.11 bits per heavy atom. The second-order valence-corrected chi connectivity index (χ2v) is 7.98. The SMILES string of the molecule is CCCCCNC(=O)c1cccc(S(=O)(=O)Nc2cc(C)ccc2OC)c1. The van der Waals surface area contributed by atoms with E-state index in [1.165, 1.54) is 19.2 Å². The number of anilines is 1. The molecule has 6 nitrogen and oxygen atoms in total. The first-order valence-corrected chi connectivity index (χ1v) is 10.4. The number of hydrogen-bond acceptors (Lipinski definition) is 4. The van der Waals surface area contributed by atoms with Crippen LogP contribution >= 0.6 is 0 Å². The summed E-state index contributed by atoms with van der Waals surface area (Å²) >= 11 is 0. The van der Waals surface area contributed by atoms with Gasteiger partial charge < -0.3 is 10.1 Å². The van der Waals surface area contributed by atoms with Crippen LogP contribution in [0.4, 0.5) is 5.69 Å². The third kappa shape index (κ3) is 5.72. The van der Waals surface area contributed by atoms with Gasteiger partial charge in [0.05, 0.1) is 17.7 Å². The van der Waals surface area contributed by atoms with E-state index in [0.29, 0.717) is 23.5 Å². The first kappa shape index (κ1) is 20.8. The minimum absolute atomic E-state index is 0.0206. The summed E-state index contributed by atoms with van der Waals surface area (Å²) in [5.74, 6) is 0.144. The Labute approximate surface area is 161 Å². The average molecular weight is 391 g/mol. The minimum Gasteiger partial charge on any atom is -0.495 e. The standard InChI is InChI=1S/C20H26N2O4S/c1-4-5-6-12-21-20(23)16-8-7-9-17(14-16)27(24,25)22-18-13-15(2)10-11-19(18)26-3/h7-11,13-14,22H,4-6,12H2,1-3H3,(H,21,23). The maximum Gasteiger partial charge on any atom is 0.262 e. The lowest BCUT2D eigenvalue weighted by molar-refractivity contribution is 0.0952. The van der Waals surface area contributed by atoms with E-state index in [2.05, 4.69) is 17.0 Å². The van der Waals surface area contributed by atoms with Crippen LogP contribution in [-0.4, -0.2) is 28.0 Å². The number of hydrogen-bond donors (Lipinski definition) is 2. The summed E-state index contributed by atoms with van der Waals surface area (Å²) in [6.45, 7) is 4.52. The van der Waals surface area contributed by atoms with E-state index < -0.39 is 10.0 Å². The van der Waals surface area contributed by atoms with Crippen molar-refractivity contribution >= 4 is 21.6 Å². The van der Waals surface area contributed by atoms with Crippen LogP contribution in [0.25, 0.3) is 0 Å². The van der Waals surface area contributed by atoms with E-state index in [1.54, 1.807) is 24.3 Å². The highest BCUT2D eigenvalue weighted by molar-refractivity contribution is 7.92. The van der Waals surface area contributed by atoms with Crippen LogP contribution in [0.2, 0.25) is 0 Å². The van der Waals surface area contributed by atoms with Gasteiger partial charge in [-0.25, -0.2) is 8.42 Å². The fraction of sp³-hybridized carbons (Fsp3) is 0.350. The molecule has 0 atom stereocenters. The number of benzene rings is 2. The predicted octanol–water partition coefficient (Wildman–Crippen LogP) is 3.72. The monoisotopic (exact) mass is 390 g/mol. The maximum absolute atomic E-state index is 12.8. The number of unbranched alkanes of at least 4 members (excludes halogenated alkanes) is 2. The summed E-state index contributed by atoms with van der Waals surface area (Å²) in [5.41, 5.74) is 1.56. The van der Waals surface area contributed by atoms with Crippen LogP contribution in [-0.2, 0) is 10.0 Å². The van der Waals surface area contributed by atoms with Crippen LogP contribution < -0.4 is 14.8 Å². The summed E-state index contributed by atoms with van der Waals surface area (Å²) in [7, 11) is -2.38. The van der Waals surface area contributed by atoms with Gasteiger partial charge in [-0.1, -0.05) is 31.9 Å². The van der Waals surface area contributed by atoms with E-state index in [0.717, 1.165) is 24.8 Å². The quantitative estimate of drug-likeness (QED) is 0.639. The van der Waals surface area contributed by atoms with Gasteiger partial charge in [0, 0.05) is 12.1 Å². The molecule has 2 rings (SSSR count). The molecule has 27 heavy (non-hydrogen) atoms. The van der Waals surface area contributed by atoms with Crippen LogP contribution in [0.1, 0.15) is 42.1 Å². The molecule has 0 fully saturated rings. The van der Waals surface area contributed by atoms with Crippen LogP contribution in [0, 0.1) is 6.92 Å². The largest absolute Gasteiger partial charge is 0.495 e. The van der Waals surface area contributed by atoms with Crippen molar-refractivity contribution in [2.75, 3.05) is 18.4 Å². The Bertz CT molecular complexity index is 895. The minimum atomic E-state index is -3.86. The number of nitrogens with one attached hydrogen (secondary N) is 2. The van der Waals surface area contributed by atoms with E-state index in [9.17, 15) is 13.2 Å². The Kier molecular flexibility index (Phi) is 7.24. The number of ether oxygens (including phenoxy) is 1. The van der Waals surface area contributed by atoms with Gasteiger partial charge in [-0.2, -0.15) is 0 Å². The lowest BCUT2D eigenvalue weighted by Gasteiger charge is -2.13. The van der Waals surface area contributed by atoms with E-state index in [-0.39, 0.29) is 10.8 Å². The van der Waals surface area contributed by atoms with E-state index in [1.807, 2.05) is 13.0 Å². The van der Waals surface area contributed by atoms with Gasteiger partial charge in [0.2, 0.25) is 0 Å². The first-order valence-electron chi connectivity index (χ1n) is 8.93. The highest BCUT2D eigenvalue weighted by Gasteiger charge is 2.18. The fourth-order valence-corrected chi connectivity index (χ4v) is 3.70. The number of carbonyl (C=O) groups is 1. The second kappa shape index (κ2) is 9.41. The molecule has 0 unspecified atom stereocenters. The zero-order valence-corrected chi connectivity index (χ0v) is 16.7. The Balaban J connectivity index is 2.19. The molecule has 2 N–H and O–H groups in total. The average Bonchev–Trinajstić information content (AvgIpc) is 2.65. The van der Waals surface area contributed by atoms with Gasteiger partial charge in [0.15, 0.2) is 0 Å². The topological polar surface area (TPSA) is 84.5 Å². The van der Waals surface area contributed by atoms with Crippen molar-refractivity contribution in [1.29, 1.82) is 0 Å². The third-order valence-corrected chi connectivity index (χ3v) is 5.43. The summed E-state index contributed by atoms with van der Waals surface area (Å²) < 4.78 is 33.3. The highest BCUT2D eigenvalue weighted by Crippen LogP contribution is 2.28. The molecule has 0 aromatic heterocycles. The lowest BCUT2D eigenvalue weighted by Crippen LogP contribution is -2.24. The van der Waals surface area contributed by atoms with Gasteiger partial charge in [0.1, 0.15) is 5.75 Å². The summed E-state index contributed by atoms with van der Waals surface area (Å²) in [4.78, 5) is 12.3. The molecule has 0 aliphatic carbocycles. The van der Waals surface area contributed by atoms with Gasteiger partial charge >= 0.3 is 0 Å². The summed E-state index contributed by atoms with van der Waals surface area (Å²) in [6.07, 6.45) is 3.00. The summed E-state index contributed by atoms with van der Waals surface area (Å²) in [6, 6.07) is 11.2. The lowest BCUT2D eigenvalue weighted by atomic mass is 10.2. The van der Waals surface area contributed by atoms with E-state index in [4.69, 9.17) is 4.74 Å². The van der Waals surface area contributed by atoms with Crippen molar-refractivity contribution in [1.82, 2.24) is 5.32 Å². The zero-order chi connectivity index (χ0) is 19.9. The smallest absolute Gasteiger partial charge is 0.262 e. The predicted molar refractivity (Wildman–Crippen MR) is 107 cm³/mol. The number of rotatable bonds is 9. The first-order chi connectivity index (χ1) is 12.9. The number of sulfonamides is 1. The van der Waals surface area contributed by atoms with Crippen molar-refractivity contribution in [2.45, 2.75) is 38.0 Å². The van der Waals surface area contributed by atoms with Gasteiger partial charge in [-0.05, 0) is 49.2 Å². The molecule has 0 radical (unpaired) electrons. The van der Waals surface area contributed by atoms with Crippen molar-refractivity contribution in [3.63, 3.8) is 0 Å². The molecule has 146 valence electrons. The number of carbonyl (C=O) groups excluding carboxylic acids is 1.